The number of unbranched alkanes of at least 4 members (excludes halogenated alkanes) is 5. The summed E-state index contributed by atoms with van der Waals surface area (Å²) in [7, 11) is -4.25. The number of hydrogen-bond donors (Lipinski definition) is 2. The Balaban J connectivity index is 2.68. The van der Waals surface area contributed by atoms with Gasteiger partial charge in [0.2, 0.25) is 0 Å². The second kappa shape index (κ2) is 8.05. The van der Waals surface area contributed by atoms with Gasteiger partial charge in [0.05, 0.1) is 0 Å². The Morgan fingerprint density at radius 2 is 1.60 bits per heavy atom. The van der Waals surface area contributed by atoms with E-state index in [-0.39, 0.29) is 0 Å². The van der Waals surface area contributed by atoms with Crippen molar-refractivity contribution >= 4 is 22.7 Å². The van der Waals surface area contributed by atoms with Gasteiger partial charge in [-0.3, -0.25) is 4.55 Å². The van der Waals surface area contributed by atoms with Crippen LogP contribution in [0.15, 0.2) is 30.3 Å². The van der Waals surface area contributed by atoms with Crippen LogP contribution in [-0.2, 0) is 14.2 Å². The van der Waals surface area contributed by atoms with E-state index >= 15 is 0 Å². The van der Waals surface area contributed by atoms with Crippen molar-refractivity contribution in [3.8, 4) is 0 Å². The molecule has 5 heteroatoms. The fraction of sp³-hybridized carbons (Fsp3) is 0.600. The topological polar surface area (TPSA) is 54.4 Å². The minimum Gasteiger partial charge on any atom is -0.284 e. The fourth-order valence-corrected chi connectivity index (χ4v) is 3.41. The van der Waals surface area contributed by atoms with Gasteiger partial charge in [0, 0.05) is 0 Å². The van der Waals surface area contributed by atoms with Crippen LogP contribution in [0.2, 0.25) is 0 Å². The molecule has 0 amide bonds. The Morgan fingerprint density at radius 3 is 2.15 bits per heavy atom. The molecule has 1 rings (SSSR count). The SMILES string of the molecule is CCCCCCCCC(S)(c1ccccc1)S(=O)(=O)O. The first kappa shape index (κ1) is 17.5. The zero-order valence-electron chi connectivity index (χ0n) is 12.0. The van der Waals surface area contributed by atoms with Gasteiger partial charge < -0.3 is 0 Å². The molecule has 114 valence electrons. The van der Waals surface area contributed by atoms with Gasteiger partial charge in [-0.15, -0.1) is 12.6 Å². The summed E-state index contributed by atoms with van der Waals surface area (Å²) < 4.78 is 31.4. The van der Waals surface area contributed by atoms with Crippen molar-refractivity contribution < 1.29 is 13.0 Å². The second-order valence-corrected chi connectivity index (χ2v) is 7.86. The zero-order valence-corrected chi connectivity index (χ0v) is 13.7. The predicted molar refractivity (Wildman–Crippen MR) is 86.6 cm³/mol. The fourth-order valence-electron chi connectivity index (χ4n) is 2.27. The summed E-state index contributed by atoms with van der Waals surface area (Å²) in [4.78, 5) is 0. The lowest BCUT2D eigenvalue weighted by Crippen LogP contribution is -2.29. The van der Waals surface area contributed by atoms with E-state index in [4.69, 9.17) is 0 Å². The molecule has 1 unspecified atom stereocenters. The Morgan fingerprint density at radius 1 is 1.05 bits per heavy atom. The summed E-state index contributed by atoms with van der Waals surface area (Å²) in [5.41, 5.74) is 0.527. The van der Waals surface area contributed by atoms with Crippen LogP contribution in [0.1, 0.15) is 57.4 Å². The van der Waals surface area contributed by atoms with Gasteiger partial charge in [-0.2, -0.15) is 8.42 Å². The lowest BCUT2D eigenvalue weighted by molar-refractivity contribution is 0.449. The molecule has 0 saturated heterocycles. The number of rotatable bonds is 9. The molecular formula is C15H24O3S2. The number of thiol groups is 1. The van der Waals surface area contributed by atoms with Crippen molar-refractivity contribution in [3.05, 3.63) is 35.9 Å². The highest BCUT2D eigenvalue weighted by Gasteiger charge is 2.40. The molecule has 0 heterocycles. The zero-order chi connectivity index (χ0) is 15.1. The third kappa shape index (κ3) is 4.79. The van der Waals surface area contributed by atoms with Crippen LogP contribution in [0.4, 0.5) is 0 Å². The first-order chi connectivity index (χ1) is 9.42. The maximum Gasteiger partial charge on any atom is 0.284 e. The quantitative estimate of drug-likeness (QED) is 0.403. The van der Waals surface area contributed by atoms with Crippen LogP contribution in [0.5, 0.6) is 0 Å². The van der Waals surface area contributed by atoms with Crippen molar-refractivity contribution in [2.75, 3.05) is 0 Å². The third-order valence-corrected chi connectivity index (χ3v) is 5.99. The van der Waals surface area contributed by atoms with Crippen LogP contribution in [0, 0.1) is 0 Å². The first-order valence-corrected chi connectivity index (χ1v) is 9.05. The molecule has 0 saturated carbocycles. The molecule has 0 bridgehead atoms. The largest absolute Gasteiger partial charge is 0.284 e. The highest BCUT2D eigenvalue weighted by atomic mass is 32.3. The van der Waals surface area contributed by atoms with E-state index in [1.54, 1.807) is 24.3 Å². The molecule has 0 spiro atoms. The summed E-state index contributed by atoms with van der Waals surface area (Å²) in [6.07, 6.45) is 6.69. The molecule has 0 radical (unpaired) electrons. The maximum absolute atomic E-state index is 11.7. The molecule has 1 aromatic rings. The Hall–Kier alpha value is -0.520. The third-order valence-electron chi connectivity index (χ3n) is 3.52. The van der Waals surface area contributed by atoms with Gasteiger partial charge in [0.25, 0.3) is 10.1 Å². The van der Waals surface area contributed by atoms with E-state index in [2.05, 4.69) is 19.6 Å². The minimum absolute atomic E-state index is 0.324. The molecule has 0 aliphatic carbocycles. The highest BCUT2D eigenvalue weighted by Crippen LogP contribution is 2.39. The van der Waals surface area contributed by atoms with Crippen molar-refractivity contribution in [2.24, 2.45) is 0 Å². The standard InChI is InChI=1S/C15H24O3S2/c1-2-3-4-5-6-10-13-15(19,20(16,17)18)14-11-8-7-9-12-14/h7-9,11-12,19H,2-6,10,13H2,1H3,(H,16,17,18). The highest BCUT2D eigenvalue weighted by molar-refractivity contribution is 8.02. The van der Waals surface area contributed by atoms with Crippen LogP contribution < -0.4 is 0 Å². The molecule has 1 N–H and O–H groups in total. The Labute approximate surface area is 127 Å². The van der Waals surface area contributed by atoms with E-state index in [1.165, 1.54) is 19.3 Å². The van der Waals surface area contributed by atoms with E-state index in [0.29, 0.717) is 12.0 Å². The molecule has 0 aliphatic rings. The second-order valence-electron chi connectivity index (χ2n) is 5.14. The van der Waals surface area contributed by atoms with E-state index in [0.717, 1.165) is 19.3 Å². The molecule has 0 fully saturated rings. The van der Waals surface area contributed by atoms with Crippen LogP contribution in [-0.4, -0.2) is 13.0 Å². The monoisotopic (exact) mass is 316 g/mol. The Bertz CT molecular complexity index is 485. The summed E-state index contributed by atoms with van der Waals surface area (Å²) in [6.45, 7) is 2.16. The van der Waals surface area contributed by atoms with E-state index in [1.807, 2.05) is 6.07 Å². The van der Waals surface area contributed by atoms with Gasteiger partial charge in [0.1, 0.15) is 0 Å². The number of benzene rings is 1. The van der Waals surface area contributed by atoms with Crippen molar-refractivity contribution in [1.82, 2.24) is 0 Å². The average Bonchev–Trinajstić information content (AvgIpc) is 2.42. The van der Waals surface area contributed by atoms with E-state index in [9.17, 15) is 13.0 Å². The first-order valence-electron chi connectivity index (χ1n) is 7.16. The van der Waals surface area contributed by atoms with Crippen LogP contribution >= 0.6 is 12.6 Å². The van der Waals surface area contributed by atoms with Crippen molar-refractivity contribution in [1.29, 1.82) is 0 Å². The molecule has 0 aliphatic heterocycles. The molecule has 1 atom stereocenters. The number of hydrogen-bond acceptors (Lipinski definition) is 3. The molecule has 1 aromatic carbocycles. The van der Waals surface area contributed by atoms with Crippen molar-refractivity contribution in [2.45, 2.75) is 55.9 Å². The lowest BCUT2D eigenvalue weighted by Gasteiger charge is -2.25. The molecular weight excluding hydrogens is 292 g/mol. The minimum atomic E-state index is -4.25. The smallest absolute Gasteiger partial charge is 0.284 e. The molecule has 20 heavy (non-hydrogen) atoms. The van der Waals surface area contributed by atoms with Gasteiger partial charge in [-0.05, 0) is 12.0 Å². The lowest BCUT2D eigenvalue weighted by atomic mass is 10.0. The normalized spacial score (nSPS) is 14.9. The summed E-state index contributed by atoms with van der Waals surface area (Å²) >= 11 is 4.29. The summed E-state index contributed by atoms with van der Waals surface area (Å²) in [5.74, 6) is 0. The summed E-state index contributed by atoms with van der Waals surface area (Å²) in [5, 5.41) is 0. The van der Waals surface area contributed by atoms with Crippen LogP contribution in [0.3, 0.4) is 0 Å². The van der Waals surface area contributed by atoms with Gasteiger partial charge in [-0.1, -0.05) is 75.8 Å². The van der Waals surface area contributed by atoms with Crippen LogP contribution in [0.25, 0.3) is 0 Å². The predicted octanol–water partition coefficient (Wildman–Crippen LogP) is 4.41. The Kier molecular flexibility index (Phi) is 7.06. The molecule has 0 aromatic heterocycles. The maximum atomic E-state index is 11.7. The van der Waals surface area contributed by atoms with Crippen molar-refractivity contribution in [3.63, 3.8) is 0 Å². The summed E-state index contributed by atoms with van der Waals surface area (Å²) in [6, 6.07) is 8.71. The molecule has 3 nitrogen and oxygen atoms in total. The van der Waals surface area contributed by atoms with Gasteiger partial charge in [-0.25, -0.2) is 0 Å². The van der Waals surface area contributed by atoms with E-state index < -0.39 is 14.2 Å². The average molecular weight is 316 g/mol. The van der Waals surface area contributed by atoms with Gasteiger partial charge in [0.15, 0.2) is 4.08 Å². The van der Waals surface area contributed by atoms with Gasteiger partial charge >= 0.3 is 0 Å².